The maximum absolute atomic E-state index is 11.7. The molecule has 0 heterocycles. The van der Waals surface area contributed by atoms with E-state index in [2.05, 4.69) is 45.0 Å². The van der Waals surface area contributed by atoms with Gasteiger partial charge >= 0.3 is 0 Å². The van der Waals surface area contributed by atoms with Gasteiger partial charge in [0.1, 0.15) is 0 Å². The fraction of sp³-hybridized carbons (Fsp3) is 0.562. The molecule has 0 saturated heterocycles. The highest BCUT2D eigenvalue weighted by atomic mass is 16.5. The Morgan fingerprint density at radius 3 is 2.44 bits per heavy atom. The molecule has 1 aromatic rings. The molecule has 2 nitrogen and oxygen atoms in total. The van der Waals surface area contributed by atoms with Crippen LogP contribution in [0.2, 0.25) is 0 Å². The predicted molar refractivity (Wildman–Crippen MR) is 78.1 cm³/mol. The Morgan fingerprint density at radius 2 is 1.89 bits per heavy atom. The minimum absolute atomic E-state index is 0.00579. The first-order chi connectivity index (χ1) is 8.34. The lowest BCUT2D eigenvalue weighted by Crippen LogP contribution is -2.26. The molecule has 0 aliphatic rings. The minimum Gasteiger partial charge on any atom is -0.624 e. The predicted octanol–water partition coefficient (Wildman–Crippen LogP) is 3.81. The fourth-order valence-corrected chi connectivity index (χ4v) is 2.02. The standard InChI is InChI=1S/C16H25NO/c1-6-14-8-7-9-15(10-14)11-16(4,5)12-17(18)13(2)3/h7-10,12-13H,6,11H2,1-5H3. The number of benzene rings is 1. The Labute approximate surface area is 111 Å². The van der Waals surface area contributed by atoms with E-state index in [1.165, 1.54) is 11.1 Å². The van der Waals surface area contributed by atoms with Gasteiger partial charge in [0.15, 0.2) is 12.3 Å². The quantitative estimate of drug-likeness (QED) is 0.336. The van der Waals surface area contributed by atoms with E-state index in [9.17, 15) is 5.21 Å². The van der Waals surface area contributed by atoms with Crippen LogP contribution in [0.25, 0.3) is 0 Å². The Balaban J connectivity index is 2.84. The van der Waals surface area contributed by atoms with E-state index < -0.39 is 0 Å². The minimum atomic E-state index is -0.113. The van der Waals surface area contributed by atoms with E-state index in [-0.39, 0.29) is 11.5 Å². The first-order valence-corrected chi connectivity index (χ1v) is 6.73. The summed E-state index contributed by atoms with van der Waals surface area (Å²) in [7, 11) is 0. The molecule has 1 aromatic carbocycles. The summed E-state index contributed by atoms with van der Waals surface area (Å²) in [6.45, 7) is 10.2. The largest absolute Gasteiger partial charge is 0.624 e. The zero-order valence-electron chi connectivity index (χ0n) is 12.2. The summed E-state index contributed by atoms with van der Waals surface area (Å²) < 4.78 is 1.06. The van der Waals surface area contributed by atoms with Crippen molar-refractivity contribution in [3.8, 4) is 0 Å². The van der Waals surface area contributed by atoms with Gasteiger partial charge in [0.2, 0.25) is 0 Å². The van der Waals surface area contributed by atoms with Crippen LogP contribution in [0.5, 0.6) is 0 Å². The molecule has 0 aromatic heterocycles. The molecule has 0 bridgehead atoms. The Bertz CT molecular complexity index is 419. The molecule has 0 N–H and O–H groups in total. The number of hydrogen-bond donors (Lipinski definition) is 0. The smallest absolute Gasteiger partial charge is 0.157 e. The summed E-state index contributed by atoms with van der Waals surface area (Å²) in [5, 5.41) is 11.7. The third kappa shape index (κ3) is 4.52. The zero-order valence-corrected chi connectivity index (χ0v) is 12.2. The molecule has 0 fully saturated rings. The Morgan fingerprint density at radius 1 is 1.28 bits per heavy atom. The van der Waals surface area contributed by atoms with Gasteiger partial charge in [-0.2, -0.15) is 0 Å². The van der Waals surface area contributed by atoms with E-state index in [1.54, 1.807) is 6.21 Å². The van der Waals surface area contributed by atoms with Gasteiger partial charge in [0.25, 0.3) is 0 Å². The lowest BCUT2D eigenvalue weighted by Gasteiger charge is -2.20. The van der Waals surface area contributed by atoms with Crippen LogP contribution >= 0.6 is 0 Å². The second-order valence-electron chi connectivity index (χ2n) is 5.92. The highest BCUT2D eigenvalue weighted by molar-refractivity contribution is 5.60. The van der Waals surface area contributed by atoms with E-state index in [0.29, 0.717) is 0 Å². The highest BCUT2D eigenvalue weighted by Crippen LogP contribution is 2.20. The van der Waals surface area contributed by atoms with Gasteiger partial charge in [-0.1, -0.05) is 45.0 Å². The number of nitrogens with zero attached hydrogens (tertiary/aromatic N) is 1. The van der Waals surface area contributed by atoms with Crippen molar-refractivity contribution >= 4 is 6.21 Å². The molecule has 18 heavy (non-hydrogen) atoms. The second kappa shape index (κ2) is 6.03. The SMILES string of the molecule is CCc1cccc(CC(C)(C)C=[N+]([O-])C(C)C)c1. The maximum Gasteiger partial charge on any atom is 0.157 e. The van der Waals surface area contributed by atoms with E-state index >= 15 is 0 Å². The molecular formula is C16H25NO. The molecule has 0 spiro atoms. The van der Waals surface area contributed by atoms with Crippen molar-refractivity contribution < 1.29 is 4.74 Å². The topological polar surface area (TPSA) is 26.1 Å². The van der Waals surface area contributed by atoms with Crippen molar-refractivity contribution in [1.29, 1.82) is 0 Å². The normalized spacial score (nSPS) is 13.1. The lowest BCUT2D eigenvalue weighted by atomic mass is 9.86. The van der Waals surface area contributed by atoms with E-state index in [0.717, 1.165) is 17.6 Å². The van der Waals surface area contributed by atoms with Crippen molar-refractivity contribution in [2.24, 2.45) is 5.41 Å². The Hall–Kier alpha value is -1.31. The summed E-state index contributed by atoms with van der Waals surface area (Å²) in [4.78, 5) is 0. The molecule has 0 radical (unpaired) electrons. The van der Waals surface area contributed by atoms with Crippen LogP contribution in [-0.2, 0) is 12.8 Å². The molecule has 2 heteroatoms. The summed E-state index contributed by atoms with van der Waals surface area (Å²) >= 11 is 0. The Kier molecular flexibility index (Phi) is 4.94. The van der Waals surface area contributed by atoms with Gasteiger partial charge in [-0.3, -0.25) is 0 Å². The second-order valence-corrected chi connectivity index (χ2v) is 5.92. The van der Waals surface area contributed by atoms with E-state index in [4.69, 9.17) is 0 Å². The van der Waals surface area contributed by atoms with Crippen LogP contribution < -0.4 is 0 Å². The molecule has 0 amide bonds. The number of rotatable bonds is 5. The van der Waals surface area contributed by atoms with Crippen molar-refractivity contribution in [2.45, 2.75) is 53.5 Å². The monoisotopic (exact) mass is 247 g/mol. The van der Waals surface area contributed by atoms with Crippen LogP contribution in [-0.4, -0.2) is 17.0 Å². The average molecular weight is 247 g/mol. The molecule has 0 saturated carbocycles. The molecule has 0 atom stereocenters. The van der Waals surface area contributed by atoms with Crippen LogP contribution in [0, 0.1) is 10.6 Å². The average Bonchev–Trinajstić information content (AvgIpc) is 2.27. The first-order valence-electron chi connectivity index (χ1n) is 6.73. The number of hydrogen-bond acceptors (Lipinski definition) is 1. The zero-order chi connectivity index (χ0) is 13.8. The van der Waals surface area contributed by atoms with Crippen LogP contribution in [0.3, 0.4) is 0 Å². The first kappa shape index (κ1) is 14.7. The third-order valence-electron chi connectivity index (χ3n) is 3.05. The molecular weight excluding hydrogens is 222 g/mol. The summed E-state index contributed by atoms with van der Waals surface area (Å²) in [6, 6.07) is 8.63. The van der Waals surface area contributed by atoms with Gasteiger partial charge in [0, 0.05) is 5.41 Å². The maximum atomic E-state index is 11.7. The van der Waals surface area contributed by atoms with E-state index in [1.807, 2.05) is 13.8 Å². The number of aryl methyl sites for hydroxylation is 1. The summed E-state index contributed by atoms with van der Waals surface area (Å²) in [5.74, 6) is 0. The summed E-state index contributed by atoms with van der Waals surface area (Å²) in [6.07, 6.45) is 3.75. The fourth-order valence-electron chi connectivity index (χ4n) is 2.02. The molecule has 1 rings (SSSR count). The van der Waals surface area contributed by atoms with Gasteiger partial charge in [-0.25, -0.2) is 4.74 Å². The highest BCUT2D eigenvalue weighted by Gasteiger charge is 2.21. The van der Waals surface area contributed by atoms with Crippen LogP contribution in [0.4, 0.5) is 0 Å². The van der Waals surface area contributed by atoms with Gasteiger partial charge in [0.05, 0.1) is 0 Å². The molecule has 0 aliphatic carbocycles. The third-order valence-corrected chi connectivity index (χ3v) is 3.05. The van der Waals surface area contributed by atoms with Crippen LogP contribution in [0.1, 0.15) is 45.7 Å². The molecule has 0 aliphatic heterocycles. The number of hydroxylamine groups is 1. The van der Waals surface area contributed by atoms with Crippen molar-refractivity contribution in [1.82, 2.24) is 0 Å². The summed E-state index contributed by atoms with van der Waals surface area (Å²) in [5.41, 5.74) is 2.54. The van der Waals surface area contributed by atoms with Gasteiger partial charge < -0.3 is 5.21 Å². The van der Waals surface area contributed by atoms with Gasteiger partial charge in [-0.05, 0) is 37.8 Å². The van der Waals surface area contributed by atoms with Gasteiger partial charge in [-0.15, -0.1) is 0 Å². The van der Waals surface area contributed by atoms with Crippen molar-refractivity contribution in [3.63, 3.8) is 0 Å². The van der Waals surface area contributed by atoms with Crippen LogP contribution in [0.15, 0.2) is 24.3 Å². The van der Waals surface area contributed by atoms with Crippen molar-refractivity contribution in [3.05, 3.63) is 40.6 Å². The van der Waals surface area contributed by atoms with Crippen molar-refractivity contribution in [2.75, 3.05) is 0 Å². The molecule has 0 unspecified atom stereocenters. The lowest BCUT2D eigenvalue weighted by molar-refractivity contribution is -0.490. The molecule has 100 valence electrons.